The van der Waals surface area contributed by atoms with Crippen LogP contribution < -0.4 is 4.72 Å². The first-order valence-electron chi connectivity index (χ1n) is 6.68. The zero-order chi connectivity index (χ0) is 19.8. The molecule has 0 unspecified atom stereocenters. The van der Waals surface area contributed by atoms with Crippen LogP contribution >= 0.6 is 18.9 Å². The maximum absolute atomic E-state index is 12.3. The van der Waals surface area contributed by atoms with E-state index in [1.807, 2.05) is 0 Å². The Morgan fingerprint density at radius 2 is 1.65 bits per heavy atom. The van der Waals surface area contributed by atoms with Crippen molar-refractivity contribution in [2.24, 2.45) is 0 Å². The molecule has 0 spiro atoms. The van der Waals surface area contributed by atoms with Crippen molar-refractivity contribution in [3.8, 4) is 11.5 Å². The Balaban J connectivity index is 2.22. The fourth-order valence-corrected chi connectivity index (χ4v) is 6.90. The number of phenolic OH excluding ortho intramolecular Hbond substituents is 2. The Kier molecular flexibility index (Phi) is 5.83. The quantitative estimate of drug-likeness (QED) is 0.302. The van der Waals surface area contributed by atoms with Crippen LogP contribution in [0.25, 0.3) is 0 Å². The van der Waals surface area contributed by atoms with Crippen LogP contribution in [0.4, 0.5) is 0 Å². The van der Waals surface area contributed by atoms with E-state index >= 15 is 0 Å². The lowest BCUT2D eigenvalue weighted by molar-refractivity contribution is 0.371. The number of benzene rings is 1. The van der Waals surface area contributed by atoms with Gasteiger partial charge in [0.25, 0.3) is 10.0 Å². The fourth-order valence-electron chi connectivity index (χ4n) is 1.79. The van der Waals surface area contributed by atoms with Crippen LogP contribution in [0.1, 0.15) is 4.88 Å². The van der Waals surface area contributed by atoms with Crippen molar-refractivity contribution < 1.29 is 41.4 Å². The Bertz CT molecular complexity index is 1070. The van der Waals surface area contributed by atoms with Crippen LogP contribution in [0.3, 0.4) is 0 Å². The monoisotopic (exact) mass is 443 g/mol. The molecule has 1 heterocycles. The molecule has 0 bridgehead atoms. The van der Waals surface area contributed by atoms with Crippen molar-refractivity contribution in [2.45, 2.75) is 14.9 Å². The van der Waals surface area contributed by atoms with Gasteiger partial charge in [0.1, 0.15) is 10.5 Å². The average Bonchev–Trinajstić information content (AvgIpc) is 2.96. The first kappa shape index (κ1) is 20.8. The van der Waals surface area contributed by atoms with Crippen molar-refractivity contribution in [1.29, 1.82) is 0 Å². The van der Waals surface area contributed by atoms with E-state index in [-0.39, 0.29) is 14.0 Å². The summed E-state index contributed by atoms with van der Waals surface area (Å²) in [6, 6.07) is 5.35. The lowest BCUT2D eigenvalue weighted by atomic mass is 10.3. The number of rotatable bonds is 7. The van der Waals surface area contributed by atoms with E-state index in [0.29, 0.717) is 11.3 Å². The van der Waals surface area contributed by atoms with Crippen molar-refractivity contribution in [3.63, 3.8) is 0 Å². The molecule has 0 amide bonds. The van der Waals surface area contributed by atoms with Crippen LogP contribution in [0.5, 0.6) is 11.5 Å². The summed E-state index contributed by atoms with van der Waals surface area (Å²) >= 11 is 0.625. The number of nitrogens with one attached hydrogen (secondary N) is 1. The molecule has 0 saturated carbocycles. The predicted octanol–water partition coefficient (Wildman–Crippen LogP) is 0.547. The summed E-state index contributed by atoms with van der Waals surface area (Å²) in [5, 5.41) is 18.6. The smallest absolute Gasteiger partial charge is 0.340 e. The fraction of sp³-hybridized carbons (Fsp3) is 0.167. The number of hydrogen-bond acceptors (Lipinski definition) is 8. The second kappa shape index (κ2) is 7.27. The van der Waals surface area contributed by atoms with Crippen LogP contribution in [0.15, 0.2) is 39.4 Å². The van der Waals surface area contributed by atoms with E-state index in [1.54, 1.807) is 4.72 Å². The molecule has 2 aromatic rings. The van der Waals surface area contributed by atoms with E-state index in [0.717, 1.165) is 24.3 Å². The Morgan fingerprint density at radius 1 is 1.00 bits per heavy atom. The highest BCUT2D eigenvalue weighted by Gasteiger charge is 2.24. The highest BCUT2D eigenvalue weighted by molar-refractivity contribution is 7.92. The second-order valence-electron chi connectivity index (χ2n) is 5.10. The minimum Gasteiger partial charge on any atom is -0.504 e. The molecule has 0 fully saturated rings. The molecule has 1 aromatic carbocycles. The Hall–Kier alpha value is -1.47. The summed E-state index contributed by atoms with van der Waals surface area (Å²) in [6.45, 7) is 0. The molecule has 0 saturated heterocycles. The zero-order valence-corrected chi connectivity index (χ0v) is 16.1. The average molecular weight is 443 g/mol. The minimum atomic E-state index is -4.58. The number of sulfonamides is 1. The minimum absolute atomic E-state index is 0.161. The number of sulfone groups is 1. The van der Waals surface area contributed by atoms with Crippen LogP contribution in [0, 0.1) is 0 Å². The van der Waals surface area contributed by atoms with Gasteiger partial charge >= 0.3 is 7.60 Å². The van der Waals surface area contributed by atoms with E-state index in [9.17, 15) is 31.6 Å². The molecule has 26 heavy (non-hydrogen) atoms. The van der Waals surface area contributed by atoms with E-state index in [1.165, 1.54) is 6.07 Å². The summed E-state index contributed by atoms with van der Waals surface area (Å²) in [4.78, 5) is 17.4. The van der Waals surface area contributed by atoms with E-state index in [2.05, 4.69) is 0 Å². The third-order valence-electron chi connectivity index (χ3n) is 3.00. The van der Waals surface area contributed by atoms with Crippen molar-refractivity contribution in [2.75, 3.05) is 6.29 Å². The maximum atomic E-state index is 12.3. The van der Waals surface area contributed by atoms with Gasteiger partial charge in [0, 0.05) is 10.9 Å². The summed E-state index contributed by atoms with van der Waals surface area (Å²) in [7, 11) is -12.7. The molecule has 0 aliphatic rings. The molecule has 1 aromatic heterocycles. The van der Waals surface area contributed by atoms with Gasteiger partial charge in [-0.05, 0) is 24.3 Å². The van der Waals surface area contributed by atoms with E-state index in [4.69, 9.17) is 9.79 Å². The molecule has 144 valence electrons. The van der Waals surface area contributed by atoms with Gasteiger partial charge < -0.3 is 20.0 Å². The third-order valence-corrected chi connectivity index (χ3v) is 8.61. The Labute approximate surface area is 152 Å². The molecule has 0 radical (unpaired) electrons. The van der Waals surface area contributed by atoms with Crippen molar-refractivity contribution in [1.82, 2.24) is 4.72 Å². The van der Waals surface area contributed by atoms with Gasteiger partial charge in [0.05, 0.1) is 10.6 Å². The topological polar surface area (TPSA) is 178 Å². The van der Waals surface area contributed by atoms with Gasteiger partial charge in [-0.1, -0.05) is 0 Å². The van der Waals surface area contributed by atoms with Gasteiger partial charge in [-0.15, -0.1) is 11.3 Å². The normalized spacial score (nSPS) is 13.0. The van der Waals surface area contributed by atoms with Crippen molar-refractivity contribution >= 4 is 38.8 Å². The molecular weight excluding hydrogens is 429 g/mol. The number of aromatic hydroxyl groups is 2. The zero-order valence-electron chi connectivity index (χ0n) is 12.8. The van der Waals surface area contributed by atoms with Gasteiger partial charge in [-0.3, -0.25) is 4.57 Å². The van der Waals surface area contributed by atoms with Crippen LogP contribution in [0.2, 0.25) is 0 Å². The van der Waals surface area contributed by atoms with Gasteiger partial charge in [0.2, 0.25) is 0 Å². The third kappa shape index (κ3) is 5.27. The van der Waals surface area contributed by atoms with Crippen LogP contribution in [-0.2, 0) is 30.2 Å². The number of thiophene rings is 1. The van der Waals surface area contributed by atoms with Gasteiger partial charge in [0.15, 0.2) is 21.3 Å². The molecule has 10 nitrogen and oxygen atoms in total. The summed E-state index contributed by atoms with van der Waals surface area (Å²) in [5.74, 6) is -1.65. The standard InChI is InChI=1S/C12H14NO9PS3/c14-10-3-2-9(5-11(10)15)25(19,20)6-8-1-4-12(24-8)26(21,22)13-7-23(16,17)18/h1-5,13-15H,6-7H2,(H2,16,17,18). The van der Waals surface area contributed by atoms with Crippen LogP contribution in [-0.4, -0.2) is 43.1 Å². The molecule has 2 rings (SSSR count). The molecule has 0 aliphatic carbocycles. The summed E-state index contributed by atoms with van der Waals surface area (Å²) in [5.41, 5.74) is 0. The van der Waals surface area contributed by atoms with Gasteiger partial charge in [-0.25, -0.2) is 16.8 Å². The maximum Gasteiger partial charge on any atom is 0.340 e. The molecule has 5 N–H and O–H groups in total. The number of phenols is 2. The predicted molar refractivity (Wildman–Crippen MR) is 92.2 cm³/mol. The van der Waals surface area contributed by atoms with E-state index < -0.39 is 51.0 Å². The van der Waals surface area contributed by atoms with Crippen molar-refractivity contribution in [3.05, 3.63) is 35.2 Å². The summed E-state index contributed by atoms with van der Waals surface area (Å²) in [6.07, 6.45) is -1.08. The first-order valence-corrected chi connectivity index (χ1v) is 12.4. The first-order chi connectivity index (χ1) is 11.8. The second-order valence-corrected chi connectivity index (χ2v) is 11.9. The SMILES string of the molecule is O=P(O)(O)CNS(=O)(=O)c1ccc(CS(=O)(=O)c2ccc(O)c(O)c2)s1. The molecular formula is C12H14NO9PS3. The highest BCUT2D eigenvalue weighted by atomic mass is 32.2. The molecule has 14 heteroatoms. The summed E-state index contributed by atoms with van der Waals surface area (Å²) < 4.78 is 60.8. The largest absolute Gasteiger partial charge is 0.504 e. The lowest BCUT2D eigenvalue weighted by Gasteiger charge is -2.06. The Morgan fingerprint density at radius 3 is 2.23 bits per heavy atom. The number of hydrogen-bond donors (Lipinski definition) is 5. The molecule has 0 atom stereocenters. The lowest BCUT2D eigenvalue weighted by Crippen LogP contribution is -2.23. The molecule has 0 aliphatic heterocycles. The highest BCUT2D eigenvalue weighted by Crippen LogP contribution is 2.34. The van der Waals surface area contributed by atoms with Gasteiger partial charge in [-0.2, -0.15) is 4.72 Å².